The standard InChI is InChI=1S/C27H21FNO.C15H18GeN.Ir/c1-27(2,3)18-13-14-29-23(16-18)17-11-12-24-21(15-17)26-20(8-6-10-25(26)30-24)19-7-4-5-9-22(19)28;1-12-10-15(13-8-6-5-7-9-13)17-11-14(12)16(2,3)4;/h4-10,12-16H,1-3H3;5-8,10-11H,1-4H3;/q2*-1;. The summed E-state index contributed by atoms with van der Waals surface area (Å²) in [4.78, 5) is 9.16. The van der Waals surface area contributed by atoms with E-state index in [1.807, 2.05) is 66.9 Å². The fraction of sp³-hybridized carbons (Fsp3) is 0.190. The predicted octanol–water partition coefficient (Wildman–Crippen LogP) is 11.0. The van der Waals surface area contributed by atoms with E-state index in [1.54, 1.807) is 12.1 Å². The van der Waals surface area contributed by atoms with Gasteiger partial charge in [-0.3, -0.25) is 0 Å². The zero-order valence-corrected chi connectivity index (χ0v) is 32.9. The molecule has 0 amide bonds. The third-order valence-corrected chi connectivity index (χ3v) is 12.9. The van der Waals surface area contributed by atoms with Crippen LogP contribution in [0.15, 0.2) is 114 Å². The van der Waals surface area contributed by atoms with Crippen LogP contribution in [-0.2, 0) is 25.5 Å². The molecular formula is C42H39FGeIrN2O-2. The molecule has 0 aliphatic carbocycles. The van der Waals surface area contributed by atoms with Gasteiger partial charge in [0, 0.05) is 37.3 Å². The second-order valence-electron chi connectivity index (χ2n) is 14.0. The third kappa shape index (κ3) is 7.54. The van der Waals surface area contributed by atoms with Gasteiger partial charge in [-0.25, -0.2) is 4.39 Å². The first-order valence-corrected chi connectivity index (χ1v) is 23.3. The molecule has 3 heterocycles. The van der Waals surface area contributed by atoms with E-state index in [0.29, 0.717) is 5.56 Å². The van der Waals surface area contributed by atoms with Gasteiger partial charge in [-0.1, -0.05) is 62.6 Å². The van der Waals surface area contributed by atoms with Crippen molar-refractivity contribution in [1.29, 1.82) is 0 Å². The van der Waals surface area contributed by atoms with E-state index in [1.165, 1.54) is 21.6 Å². The van der Waals surface area contributed by atoms with Crippen LogP contribution in [0.25, 0.3) is 55.6 Å². The van der Waals surface area contributed by atoms with Gasteiger partial charge in [0.1, 0.15) is 11.4 Å². The first-order valence-electron chi connectivity index (χ1n) is 15.9. The summed E-state index contributed by atoms with van der Waals surface area (Å²) in [5.41, 5.74) is 9.30. The first-order chi connectivity index (χ1) is 22.4. The summed E-state index contributed by atoms with van der Waals surface area (Å²) in [5.74, 6) is 6.95. The van der Waals surface area contributed by atoms with Crippen LogP contribution in [0.5, 0.6) is 0 Å². The van der Waals surface area contributed by atoms with E-state index in [0.717, 1.165) is 50.0 Å². The molecule has 4 aromatic carbocycles. The van der Waals surface area contributed by atoms with Crippen LogP contribution < -0.4 is 4.40 Å². The van der Waals surface area contributed by atoms with Gasteiger partial charge < -0.3 is 9.40 Å². The molecule has 0 N–H and O–H groups in total. The first kappa shape index (κ1) is 35.4. The van der Waals surface area contributed by atoms with E-state index in [2.05, 4.69) is 91.5 Å². The fourth-order valence-corrected chi connectivity index (χ4v) is 9.49. The van der Waals surface area contributed by atoms with E-state index in [-0.39, 0.29) is 31.3 Å². The Morgan fingerprint density at radius 3 is 2.17 bits per heavy atom. The zero-order chi connectivity index (χ0) is 33.3. The summed E-state index contributed by atoms with van der Waals surface area (Å²) in [6.07, 6.45) is 3.91. The summed E-state index contributed by atoms with van der Waals surface area (Å²) in [5, 5.41) is 1.83. The van der Waals surface area contributed by atoms with Gasteiger partial charge in [-0.2, -0.15) is 0 Å². The SMILES string of the molecule is CC(C)(C)c1ccnc(-c2[c-]cc3oc4cccc(-c5ccccc5F)c4c3c2)c1.Cc1cc(-c2[c-]cccc2)nc[c]1[Ge]([CH3])([CH3])[CH3].[Ir]. The van der Waals surface area contributed by atoms with E-state index >= 15 is 0 Å². The molecule has 3 aromatic heterocycles. The molecule has 6 heteroatoms. The predicted molar refractivity (Wildman–Crippen MR) is 196 cm³/mol. The normalized spacial score (nSPS) is 11.6. The summed E-state index contributed by atoms with van der Waals surface area (Å²) in [7, 11) is 0. The van der Waals surface area contributed by atoms with Gasteiger partial charge in [0.25, 0.3) is 0 Å². The number of hydrogen-bond acceptors (Lipinski definition) is 3. The van der Waals surface area contributed by atoms with Crippen molar-refractivity contribution in [2.45, 2.75) is 50.4 Å². The smallest absolute Gasteiger partial charge is 0 e. The average Bonchev–Trinajstić information content (AvgIpc) is 3.43. The average molecular weight is 872 g/mol. The summed E-state index contributed by atoms with van der Waals surface area (Å²) in [6, 6.07) is 37.3. The molecule has 245 valence electrons. The minimum absolute atomic E-state index is 0. The quantitative estimate of drug-likeness (QED) is 0.131. The largest absolute Gasteiger partial charge is 0 e. The molecule has 0 unspecified atom stereocenters. The van der Waals surface area contributed by atoms with Gasteiger partial charge in [0.15, 0.2) is 0 Å². The molecule has 7 rings (SSSR count). The Bertz CT molecular complexity index is 2200. The molecule has 3 nitrogen and oxygen atoms in total. The second-order valence-corrected chi connectivity index (χ2v) is 24.5. The van der Waals surface area contributed by atoms with Crippen LogP contribution in [0.1, 0.15) is 31.9 Å². The van der Waals surface area contributed by atoms with Gasteiger partial charge in [0.2, 0.25) is 0 Å². The minimum atomic E-state index is -1.77. The maximum Gasteiger partial charge on any atom is 0 e. The topological polar surface area (TPSA) is 38.9 Å². The molecule has 7 aromatic rings. The number of benzene rings is 4. The number of fused-ring (bicyclic) bond motifs is 3. The molecular weight excluding hydrogens is 832 g/mol. The molecule has 0 bridgehead atoms. The Morgan fingerprint density at radius 2 is 1.48 bits per heavy atom. The van der Waals surface area contributed by atoms with Gasteiger partial charge in [-0.05, 0) is 40.4 Å². The Morgan fingerprint density at radius 1 is 0.750 bits per heavy atom. The van der Waals surface area contributed by atoms with Crippen molar-refractivity contribution in [3.63, 3.8) is 0 Å². The van der Waals surface area contributed by atoms with Crippen molar-refractivity contribution in [3.8, 4) is 33.6 Å². The number of nitrogens with zero attached hydrogens (tertiary/aromatic N) is 2. The molecule has 0 saturated heterocycles. The van der Waals surface area contributed by atoms with Crippen molar-refractivity contribution in [3.05, 3.63) is 139 Å². The monoisotopic (exact) mass is 873 g/mol. The van der Waals surface area contributed by atoms with Crippen molar-refractivity contribution in [2.24, 2.45) is 0 Å². The Kier molecular flexibility index (Phi) is 10.5. The number of pyridine rings is 2. The van der Waals surface area contributed by atoms with Gasteiger partial charge in [0.05, 0.1) is 5.58 Å². The van der Waals surface area contributed by atoms with Crippen LogP contribution in [0.3, 0.4) is 0 Å². The zero-order valence-electron chi connectivity index (χ0n) is 28.4. The molecule has 0 atom stereocenters. The Labute approximate surface area is 299 Å². The Balaban J connectivity index is 0.000000214. The molecule has 48 heavy (non-hydrogen) atoms. The molecule has 0 aliphatic heterocycles. The summed E-state index contributed by atoms with van der Waals surface area (Å²) < 4.78 is 22.1. The summed E-state index contributed by atoms with van der Waals surface area (Å²) >= 11 is -1.77. The molecule has 1 radical (unpaired) electrons. The number of aromatic nitrogens is 2. The van der Waals surface area contributed by atoms with E-state index in [9.17, 15) is 4.39 Å². The Hall–Kier alpha value is -3.90. The van der Waals surface area contributed by atoms with Crippen LogP contribution in [0, 0.1) is 24.9 Å². The third-order valence-electron chi connectivity index (χ3n) is 8.40. The summed E-state index contributed by atoms with van der Waals surface area (Å²) in [6.45, 7) is 8.75. The maximum atomic E-state index is 14.6. The van der Waals surface area contributed by atoms with Crippen LogP contribution in [0.4, 0.5) is 4.39 Å². The molecule has 0 fully saturated rings. The number of furan rings is 1. The van der Waals surface area contributed by atoms with E-state index in [4.69, 9.17) is 4.42 Å². The number of aryl methyl sites for hydroxylation is 1. The van der Waals surface area contributed by atoms with E-state index < -0.39 is 13.3 Å². The number of hydrogen-bond donors (Lipinski definition) is 0. The van der Waals surface area contributed by atoms with Crippen LogP contribution in [0.2, 0.25) is 17.3 Å². The van der Waals surface area contributed by atoms with Crippen molar-refractivity contribution in [2.75, 3.05) is 0 Å². The minimum Gasteiger partial charge on any atom is 0 e. The number of rotatable bonds is 4. The van der Waals surface area contributed by atoms with Gasteiger partial charge >= 0.3 is 106 Å². The van der Waals surface area contributed by atoms with Crippen LogP contribution >= 0.6 is 0 Å². The van der Waals surface area contributed by atoms with Crippen molar-refractivity contribution in [1.82, 2.24) is 9.97 Å². The second kappa shape index (κ2) is 14.3. The van der Waals surface area contributed by atoms with Crippen LogP contribution in [-0.4, -0.2) is 23.2 Å². The van der Waals surface area contributed by atoms with Crippen molar-refractivity contribution >= 4 is 39.6 Å². The molecule has 0 aliphatic rings. The number of halogens is 1. The molecule has 0 spiro atoms. The maximum absolute atomic E-state index is 14.6. The van der Waals surface area contributed by atoms with Gasteiger partial charge in [-0.15, -0.1) is 23.8 Å². The fourth-order valence-electron chi connectivity index (χ4n) is 5.91. The molecule has 0 saturated carbocycles. The van der Waals surface area contributed by atoms with Crippen molar-refractivity contribution < 1.29 is 28.9 Å².